The van der Waals surface area contributed by atoms with E-state index in [2.05, 4.69) is 27.9 Å². The molecule has 1 aromatic carbocycles. The number of benzene rings is 1. The highest BCUT2D eigenvalue weighted by atomic mass is 127. The number of carbonyl (C=O) groups excluding carboxylic acids is 1. The third-order valence-corrected chi connectivity index (χ3v) is 3.61. The first-order valence-corrected chi connectivity index (χ1v) is 8.52. The Bertz CT molecular complexity index is 538. The maximum Gasteiger partial charge on any atom is 0.251 e. The first kappa shape index (κ1) is 23.6. The van der Waals surface area contributed by atoms with Gasteiger partial charge in [0.15, 0.2) is 5.96 Å². The van der Waals surface area contributed by atoms with Crippen molar-refractivity contribution < 1.29 is 9.53 Å². The van der Waals surface area contributed by atoms with Crippen molar-refractivity contribution in [1.82, 2.24) is 16.0 Å². The molecule has 1 rings (SSSR count). The number of hydrogen-bond donors (Lipinski definition) is 3. The predicted octanol–water partition coefficient (Wildman–Crippen LogP) is 2.53. The van der Waals surface area contributed by atoms with Gasteiger partial charge in [-0.2, -0.15) is 0 Å². The summed E-state index contributed by atoms with van der Waals surface area (Å²) in [5, 5.41) is 9.39. The summed E-state index contributed by atoms with van der Waals surface area (Å²) in [7, 11) is 1.73. The molecule has 3 N–H and O–H groups in total. The van der Waals surface area contributed by atoms with Crippen molar-refractivity contribution in [2.75, 3.05) is 26.8 Å². The average molecular weight is 462 g/mol. The van der Waals surface area contributed by atoms with Crippen LogP contribution in [0.3, 0.4) is 0 Å². The molecule has 25 heavy (non-hydrogen) atoms. The molecule has 7 heteroatoms. The fourth-order valence-electron chi connectivity index (χ4n) is 2.02. The van der Waals surface area contributed by atoms with Gasteiger partial charge in [-0.25, -0.2) is 0 Å². The Morgan fingerprint density at radius 2 is 2.04 bits per heavy atom. The topological polar surface area (TPSA) is 74.8 Å². The van der Waals surface area contributed by atoms with Crippen LogP contribution in [0.2, 0.25) is 0 Å². The number of carbonyl (C=O) groups is 1. The zero-order valence-corrected chi connectivity index (χ0v) is 17.9. The lowest BCUT2D eigenvalue weighted by Crippen LogP contribution is -2.38. The summed E-state index contributed by atoms with van der Waals surface area (Å²) in [4.78, 5) is 16.4. The third-order valence-electron chi connectivity index (χ3n) is 3.61. The minimum absolute atomic E-state index is 0. The fourth-order valence-corrected chi connectivity index (χ4v) is 2.02. The summed E-state index contributed by atoms with van der Waals surface area (Å²) in [5.74, 6) is 0.676. The van der Waals surface area contributed by atoms with Crippen molar-refractivity contribution in [2.24, 2.45) is 4.99 Å². The molecular formula is C18H31IN4O2. The van der Waals surface area contributed by atoms with Crippen LogP contribution >= 0.6 is 24.0 Å². The number of rotatable bonds is 9. The first-order valence-electron chi connectivity index (χ1n) is 8.52. The maximum absolute atomic E-state index is 12.2. The molecule has 0 saturated carbocycles. The normalized spacial score (nSPS) is 12.1. The molecule has 0 heterocycles. The number of aliphatic imine (C=N–C) groups is 1. The van der Waals surface area contributed by atoms with E-state index in [0.29, 0.717) is 37.8 Å². The van der Waals surface area contributed by atoms with E-state index in [-0.39, 0.29) is 35.9 Å². The predicted molar refractivity (Wildman–Crippen MR) is 114 cm³/mol. The van der Waals surface area contributed by atoms with Gasteiger partial charge in [0, 0.05) is 38.3 Å². The SMILES string of the molecule is CCOCCNC(=NC)NCc1cccc(C(=O)NC(C)CC)c1.I. The van der Waals surface area contributed by atoms with E-state index >= 15 is 0 Å². The van der Waals surface area contributed by atoms with Crippen molar-refractivity contribution in [3.8, 4) is 0 Å². The fraction of sp³-hybridized carbons (Fsp3) is 0.556. The quantitative estimate of drug-likeness (QED) is 0.228. The summed E-state index contributed by atoms with van der Waals surface area (Å²) >= 11 is 0. The highest BCUT2D eigenvalue weighted by Gasteiger charge is 2.09. The van der Waals surface area contributed by atoms with Gasteiger partial charge in [-0.15, -0.1) is 24.0 Å². The highest BCUT2D eigenvalue weighted by Crippen LogP contribution is 2.06. The standard InChI is InChI=1S/C18H30N4O2.HI/c1-5-14(3)22-17(23)16-9-7-8-15(12-16)13-21-18(19-4)20-10-11-24-6-2;/h7-9,12,14H,5-6,10-11,13H2,1-4H3,(H,22,23)(H2,19,20,21);1H. The van der Waals surface area contributed by atoms with Crippen LogP contribution in [0.15, 0.2) is 29.3 Å². The van der Waals surface area contributed by atoms with E-state index in [1.54, 1.807) is 7.05 Å². The van der Waals surface area contributed by atoms with E-state index in [1.807, 2.05) is 38.1 Å². The van der Waals surface area contributed by atoms with E-state index in [1.165, 1.54) is 0 Å². The molecule has 0 aliphatic rings. The zero-order chi connectivity index (χ0) is 17.8. The third kappa shape index (κ3) is 9.64. The minimum Gasteiger partial charge on any atom is -0.380 e. The molecule has 0 radical (unpaired) electrons. The first-order chi connectivity index (χ1) is 11.6. The molecule has 6 nitrogen and oxygen atoms in total. The second-order valence-electron chi connectivity index (χ2n) is 5.53. The van der Waals surface area contributed by atoms with Crippen molar-refractivity contribution >= 4 is 35.8 Å². The zero-order valence-electron chi connectivity index (χ0n) is 15.6. The molecule has 1 aromatic rings. The number of nitrogens with zero attached hydrogens (tertiary/aromatic N) is 1. The molecule has 0 spiro atoms. The van der Waals surface area contributed by atoms with Crippen LogP contribution < -0.4 is 16.0 Å². The summed E-state index contributed by atoms with van der Waals surface area (Å²) < 4.78 is 5.28. The van der Waals surface area contributed by atoms with Gasteiger partial charge in [0.25, 0.3) is 5.91 Å². The number of amides is 1. The average Bonchev–Trinajstić information content (AvgIpc) is 2.61. The summed E-state index contributed by atoms with van der Waals surface area (Å²) in [6.07, 6.45) is 0.913. The van der Waals surface area contributed by atoms with Crippen LogP contribution in [-0.4, -0.2) is 44.7 Å². The van der Waals surface area contributed by atoms with E-state index in [4.69, 9.17) is 4.74 Å². The molecule has 1 unspecified atom stereocenters. The van der Waals surface area contributed by atoms with Gasteiger partial charge < -0.3 is 20.7 Å². The van der Waals surface area contributed by atoms with Crippen LogP contribution in [0, 0.1) is 0 Å². The van der Waals surface area contributed by atoms with Crippen LogP contribution in [-0.2, 0) is 11.3 Å². The second kappa shape index (κ2) is 13.9. The molecule has 0 fully saturated rings. The van der Waals surface area contributed by atoms with Crippen LogP contribution in [0.5, 0.6) is 0 Å². The molecular weight excluding hydrogens is 431 g/mol. The number of nitrogens with one attached hydrogen (secondary N) is 3. The van der Waals surface area contributed by atoms with Gasteiger partial charge in [-0.05, 0) is 38.0 Å². The highest BCUT2D eigenvalue weighted by molar-refractivity contribution is 14.0. The Balaban J connectivity index is 0.00000576. The van der Waals surface area contributed by atoms with Crippen molar-refractivity contribution in [3.05, 3.63) is 35.4 Å². The van der Waals surface area contributed by atoms with Gasteiger partial charge in [-0.1, -0.05) is 19.1 Å². The van der Waals surface area contributed by atoms with Gasteiger partial charge in [0.05, 0.1) is 6.61 Å². The van der Waals surface area contributed by atoms with Gasteiger partial charge in [0.2, 0.25) is 0 Å². The molecule has 1 atom stereocenters. The lowest BCUT2D eigenvalue weighted by molar-refractivity contribution is 0.0939. The van der Waals surface area contributed by atoms with E-state index in [0.717, 1.165) is 12.0 Å². The van der Waals surface area contributed by atoms with E-state index < -0.39 is 0 Å². The summed E-state index contributed by atoms with van der Waals surface area (Å²) in [5.41, 5.74) is 1.70. The number of halogens is 1. The monoisotopic (exact) mass is 462 g/mol. The number of guanidine groups is 1. The maximum atomic E-state index is 12.2. The molecule has 0 aromatic heterocycles. The van der Waals surface area contributed by atoms with Crippen molar-refractivity contribution in [3.63, 3.8) is 0 Å². The minimum atomic E-state index is -0.0366. The largest absolute Gasteiger partial charge is 0.380 e. The Morgan fingerprint density at radius 1 is 1.28 bits per heavy atom. The lowest BCUT2D eigenvalue weighted by Gasteiger charge is -2.14. The molecule has 0 aliphatic carbocycles. The molecule has 142 valence electrons. The Hall–Kier alpha value is -1.35. The molecule has 0 bridgehead atoms. The smallest absolute Gasteiger partial charge is 0.251 e. The summed E-state index contributed by atoms with van der Waals surface area (Å²) in [6, 6.07) is 7.79. The molecule has 1 amide bonds. The molecule has 0 saturated heterocycles. The van der Waals surface area contributed by atoms with Crippen LogP contribution in [0.25, 0.3) is 0 Å². The van der Waals surface area contributed by atoms with Gasteiger partial charge in [-0.3, -0.25) is 9.79 Å². The Morgan fingerprint density at radius 3 is 2.68 bits per heavy atom. The van der Waals surface area contributed by atoms with Crippen molar-refractivity contribution in [1.29, 1.82) is 0 Å². The van der Waals surface area contributed by atoms with Crippen LogP contribution in [0.4, 0.5) is 0 Å². The number of hydrogen-bond acceptors (Lipinski definition) is 3. The van der Waals surface area contributed by atoms with Crippen molar-refractivity contribution in [2.45, 2.75) is 39.8 Å². The molecule has 0 aliphatic heterocycles. The van der Waals surface area contributed by atoms with E-state index in [9.17, 15) is 4.79 Å². The summed E-state index contributed by atoms with van der Waals surface area (Å²) in [6.45, 7) is 8.67. The van der Waals surface area contributed by atoms with Gasteiger partial charge >= 0.3 is 0 Å². The van der Waals surface area contributed by atoms with Crippen LogP contribution in [0.1, 0.15) is 43.1 Å². The Labute approximate surface area is 168 Å². The van der Waals surface area contributed by atoms with Gasteiger partial charge in [0.1, 0.15) is 0 Å². The number of ether oxygens (including phenoxy) is 1. The second-order valence-corrected chi connectivity index (χ2v) is 5.53. The Kier molecular flexibility index (Phi) is 13.1. The lowest BCUT2D eigenvalue weighted by atomic mass is 10.1.